The van der Waals surface area contributed by atoms with Crippen molar-refractivity contribution in [3.63, 3.8) is 0 Å². The minimum atomic E-state index is -4.72. The molecule has 0 spiro atoms. The first-order valence-electron chi connectivity index (χ1n) is 7.22. The van der Waals surface area contributed by atoms with Gasteiger partial charge in [0.05, 0.1) is 11.9 Å². The number of nitrogens with zero attached hydrogens (tertiary/aromatic N) is 3. The van der Waals surface area contributed by atoms with Crippen molar-refractivity contribution in [3.8, 4) is 0 Å². The Morgan fingerprint density at radius 2 is 1.85 bits per heavy atom. The van der Waals surface area contributed by atoms with Crippen LogP contribution in [0.15, 0.2) is 39.9 Å². The number of benzene rings is 1. The van der Waals surface area contributed by atoms with Crippen LogP contribution in [0, 0.1) is 5.82 Å². The molecule has 0 saturated heterocycles. The summed E-state index contributed by atoms with van der Waals surface area (Å²) < 4.78 is 53.9. The second kappa shape index (κ2) is 6.24. The van der Waals surface area contributed by atoms with Crippen molar-refractivity contribution in [3.05, 3.63) is 73.3 Å². The van der Waals surface area contributed by atoms with Crippen LogP contribution in [0.2, 0.25) is 5.02 Å². The minimum absolute atomic E-state index is 0.0181. The summed E-state index contributed by atoms with van der Waals surface area (Å²) in [7, 11) is 1.18. The lowest BCUT2D eigenvalue weighted by Gasteiger charge is -2.13. The van der Waals surface area contributed by atoms with E-state index >= 15 is 0 Å². The molecule has 0 radical (unpaired) electrons. The summed E-state index contributed by atoms with van der Waals surface area (Å²) in [6.45, 7) is -0.464. The minimum Gasteiger partial charge on any atom is -0.280 e. The van der Waals surface area contributed by atoms with Gasteiger partial charge in [0, 0.05) is 17.6 Å². The van der Waals surface area contributed by atoms with E-state index in [1.54, 1.807) is 0 Å². The van der Waals surface area contributed by atoms with Crippen molar-refractivity contribution >= 4 is 22.6 Å². The maximum absolute atomic E-state index is 14.0. The highest BCUT2D eigenvalue weighted by molar-refractivity contribution is 6.31. The highest BCUT2D eigenvalue weighted by Gasteiger charge is 2.33. The number of fused-ring (bicyclic) bond motifs is 1. The molecule has 0 bridgehead atoms. The van der Waals surface area contributed by atoms with Crippen LogP contribution < -0.4 is 11.2 Å². The van der Waals surface area contributed by atoms with E-state index in [1.165, 1.54) is 19.2 Å². The number of hydrogen-bond acceptors (Lipinski definition) is 3. The van der Waals surface area contributed by atoms with Gasteiger partial charge in [-0.2, -0.15) is 13.2 Å². The number of alkyl halides is 3. The molecule has 0 aliphatic rings. The number of rotatable bonds is 2. The predicted octanol–water partition coefficient (Wildman–Crippen LogP) is 2.95. The molecular formula is C16H10ClF4N3O2. The number of aromatic nitrogens is 3. The van der Waals surface area contributed by atoms with Crippen LogP contribution in [0.25, 0.3) is 11.0 Å². The summed E-state index contributed by atoms with van der Waals surface area (Å²) in [4.78, 5) is 28.4. The van der Waals surface area contributed by atoms with Gasteiger partial charge in [0.2, 0.25) is 0 Å². The molecule has 2 aromatic heterocycles. The van der Waals surface area contributed by atoms with E-state index < -0.39 is 41.1 Å². The monoisotopic (exact) mass is 387 g/mol. The van der Waals surface area contributed by atoms with Crippen molar-refractivity contribution in [2.24, 2.45) is 7.05 Å². The molecule has 0 N–H and O–H groups in total. The fraction of sp³-hybridized carbons (Fsp3) is 0.188. The summed E-state index contributed by atoms with van der Waals surface area (Å²) in [6, 6.07) is 5.47. The Morgan fingerprint density at radius 3 is 2.46 bits per heavy atom. The van der Waals surface area contributed by atoms with Crippen LogP contribution in [0.1, 0.15) is 11.3 Å². The van der Waals surface area contributed by atoms with Gasteiger partial charge in [-0.15, -0.1) is 0 Å². The van der Waals surface area contributed by atoms with E-state index in [1.807, 2.05) is 0 Å². The normalized spacial score (nSPS) is 11.9. The van der Waals surface area contributed by atoms with E-state index in [0.717, 1.165) is 16.7 Å². The lowest BCUT2D eigenvalue weighted by Crippen LogP contribution is -2.40. The second-order valence-electron chi connectivity index (χ2n) is 5.50. The zero-order valence-corrected chi connectivity index (χ0v) is 13.9. The molecule has 0 saturated carbocycles. The third-order valence-electron chi connectivity index (χ3n) is 3.85. The van der Waals surface area contributed by atoms with Crippen molar-refractivity contribution in [1.82, 2.24) is 14.1 Å². The van der Waals surface area contributed by atoms with Crippen LogP contribution in [-0.2, 0) is 19.8 Å². The Kier molecular flexibility index (Phi) is 4.35. The van der Waals surface area contributed by atoms with E-state index in [0.29, 0.717) is 10.6 Å². The Balaban J connectivity index is 2.26. The lowest BCUT2D eigenvalue weighted by atomic mass is 10.2. The molecule has 0 aliphatic heterocycles. The molecule has 26 heavy (non-hydrogen) atoms. The maximum Gasteiger partial charge on any atom is 0.433 e. The molecule has 1 aromatic carbocycles. The second-order valence-corrected chi connectivity index (χ2v) is 5.91. The number of pyridine rings is 1. The first-order valence-corrected chi connectivity index (χ1v) is 7.59. The van der Waals surface area contributed by atoms with Crippen LogP contribution in [0.4, 0.5) is 17.6 Å². The topological polar surface area (TPSA) is 56.9 Å². The van der Waals surface area contributed by atoms with Gasteiger partial charge in [-0.1, -0.05) is 17.7 Å². The SMILES string of the molecule is Cn1c(=O)n(Cc2c(F)cccc2Cl)c(=O)c2ccc(C(F)(F)F)nc21. The highest BCUT2D eigenvalue weighted by atomic mass is 35.5. The number of aryl methyl sites for hydroxylation is 1. The van der Waals surface area contributed by atoms with Crippen molar-refractivity contribution in [2.75, 3.05) is 0 Å². The first-order chi connectivity index (χ1) is 12.1. The smallest absolute Gasteiger partial charge is 0.280 e. The molecule has 0 aliphatic carbocycles. The predicted molar refractivity (Wildman–Crippen MR) is 86.8 cm³/mol. The van der Waals surface area contributed by atoms with Crippen molar-refractivity contribution in [2.45, 2.75) is 12.7 Å². The highest BCUT2D eigenvalue weighted by Crippen LogP contribution is 2.28. The molecule has 0 amide bonds. The molecule has 3 aromatic rings. The molecule has 136 valence electrons. The Bertz CT molecular complexity index is 1120. The standard InChI is InChI=1S/C16H10ClF4N3O2/c1-23-13-8(5-6-12(22-13)16(19,20)21)14(25)24(15(23)26)7-9-10(17)3-2-4-11(9)18/h2-6H,7H2,1H3. The van der Waals surface area contributed by atoms with Crippen molar-refractivity contribution in [1.29, 1.82) is 0 Å². The van der Waals surface area contributed by atoms with Gasteiger partial charge in [-0.3, -0.25) is 13.9 Å². The van der Waals surface area contributed by atoms with E-state index in [9.17, 15) is 27.2 Å². The molecule has 0 atom stereocenters. The number of hydrogen-bond donors (Lipinski definition) is 0. The van der Waals surface area contributed by atoms with Gasteiger partial charge >= 0.3 is 11.9 Å². The summed E-state index contributed by atoms with van der Waals surface area (Å²) in [5.74, 6) is -0.711. The van der Waals surface area contributed by atoms with Gasteiger partial charge in [0.25, 0.3) is 5.56 Å². The molecule has 3 rings (SSSR count). The van der Waals surface area contributed by atoms with Gasteiger partial charge in [-0.25, -0.2) is 14.2 Å². The van der Waals surface area contributed by atoms with Crippen molar-refractivity contribution < 1.29 is 17.6 Å². The molecule has 0 unspecified atom stereocenters. The van der Waals surface area contributed by atoms with Gasteiger partial charge < -0.3 is 0 Å². The average molecular weight is 388 g/mol. The van der Waals surface area contributed by atoms with E-state index in [2.05, 4.69) is 4.98 Å². The molecular weight excluding hydrogens is 378 g/mol. The third-order valence-corrected chi connectivity index (χ3v) is 4.21. The first kappa shape index (κ1) is 18.1. The van der Waals surface area contributed by atoms with Crippen LogP contribution in [-0.4, -0.2) is 14.1 Å². The van der Waals surface area contributed by atoms with E-state index in [-0.39, 0.29) is 16.0 Å². The van der Waals surface area contributed by atoms with Gasteiger partial charge in [0.1, 0.15) is 17.2 Å². The zero-order chi connectivity index (χ0) is 19.2. The fourth-order valence-electron chi connectivity index (χ4n) is 2.51. The third kappa shape index (κ3) is 2.98. The largest absolute Gasteiger partial charge is 0.433 e. The zero-order valence-electron chi connectivity index (χ0n) is 13.1. The molecule has 0 fully saturated rings. The van der Waals surface area contributed by atoms with Gasteiger partial charge in [0.15, 0.2) is 0 Å². The van der Waals surface area contributed by atoms with Crippen LogP contribution >= 0.6 is 11.6 Å². The summed E-state index contributed by atoms with van der Waals surface area (Å²) in [6.07, 6.45) is -4.72. The van der Waals surface area contributed by atoms with Gasteiger partial charge in [-0.05, 0) is 24.3 Å². The summed E-state index contributed by atoms with van der Waals surface area (Å²) >= 11 is 5.91. The van der Waals surface area contributed by atoms with Crippen LogP contribution in [0.3, 0.4) is 0 Å². The Hall–Kier alpha value is -2.68. The molecule has 5 nitrogen and oxygen atoms in total. The van der Waals surface area contributed by atoms with E-state index in [4.69, 9.17) is 11.6 Å². The lowest BCUT2D eigenvalue weighted by molar-refractivity contribution is -0.141. The number of halogens is 5. The molecule has 2 heterocycles. The Labute approximate surface area is 148 Å². The Morgan fingerprint density at radius 1 is 1.15 bits per heavy atom. The summed E-state index contributed by atoms with van der Waals surface area (Å²) in [5, 5.41) is -0.183. The summed E-state index contributed by atoms with van der Waals surface area (Å²) in [5.41, 5.74) is -3.54. The maximum atomic E-state index is 14.0. The molecule has 10 heteroatoms. The quantitative estimate of drug-likeness (QED) is 0.635. The van der Waals surface area contributed by atoms with Crippen LogP contribution in [0.5, 0.6) is 0 Å². The average Bonchev–Trinajstić information content (AvgIpc) is 2.57. The fourth-order valence-corrected chi connectivity index (χ4v) is 2.74.